The first-order valence-electron chi connectivity index (χ1n) is 25.7. The summed E-state index contributed by atoms with van der Waals surface area (Å²) in [4.78, 5) is 37.0. The SMILES string of the molecule is CCCCCCCCCCCCCCCCCCCCCCCCCCC(=O)OC(COC(=O)CCCCCCCCCCCCC)COC(OCC[N+](C)(C)C)C(=O)[O-]. The summed E-state index contributed by atoms with van der Waals surface area (Å²) in [5.41, 5.74) is 0. The Morgan fingerprint density at radius 1 is 0.433 bits per heavy atom. The summed E-state index contributed by atoms with van der Waals surface area (Å²) in [6.07, 6.45) is 42.9. The van der Waals surface area contributed by atoms with Crippen molar-refractivity contribution in [1.82, 2.24) is 0 Å². The molecule has 356 valence electrons. The fourth-order valence-corrected chi connectivity index (χ4v) is 7.60. The summed E-state index contributed by atoms with van der Waals surface area (Å²) in [6, 6.07) is 0. The van der Waals surface area contributed by atoms with Crippen LogP contribution < -0.4 is 5.11 Å². The topological polar surface area (TPSA) is 111 Å². The summed E-state index contributed by atoms with van der Waals surface area (Å²) < 4.78 is 22.6. The lowest BCUT2D eigenvalue weighted by Crippen LogP contribution is -2.44. The van der Waals surface area contributed by atoms with Crippen molar-refractivity contribution in [2.24, 2.45) is 0 Å². The molecule has 0 heterocycles. The molecular formula is C51H99NO8. The molecule has 9 nitrogen and oxygen atoms in total. The van der Waals surface area contributed by atoms with Gasteiger partial charge in [-0.05, 0) is 12.8 Å². The maximum atomic E-state index is 12.8. The number of carboxylic acids is 1. The third kappa shape index (κ3) is 44.3. The fourth-order valence-electron chi connectivity index (χ4n) is 7.60. The van der Waals surface area contributed by atoms with Gasteiger partial charge in [-0.25, -0.2) is 0 Å². The molecule has 2 atom stereocenters. The van der Waals surface area contributed by atoms with E-state index in [9.17, 15) is 19.5 Å². The third-order valence-electron chi connectivity index (χ3n) is 11.6. The van der Waals surface area contributed by atoms with E-state index in [0.717, 1.165) is 38.5 Å². The number of rotatable bonds is 48. The van der Waals surface area contributed by atoms with Crippen LogP contribution in [0.25, 0.3) is 0 Å². The Labute approximate surface area is 371 Å². The van der Waals surface area contributed by atoms with Crippen LogP contribution in [0.5, 0.6) is 0 Å². The highest BCUT2D eigenvalue weighted by Gasteiger charge is 2.22. The molecule has 0 aliphatic carbocycles. The predicted molar refractivity (Wildman–Crippen MR) is 247 cm³/mol. The van der Waals surface area contributed by atoms with E-state index in [4.69, 9.17) is 18.9 Å². The number of hydrogen-bond acceptors (Lipinski definition) is 8. The second kappa shape index (κ2) is 43.9. The van der Waals surface area contributed by atoms with Gasteiger partial charge in [0.2, 0.25) is 0 Å². The highest BCUT2D eigenvalue weighted by atomic mass is 16.7. The first-order valence-corrected chi connectivity index (χ1v) is 25.7. The predicted octanol–water partition coefficient (Wildman–Crippen LogP) is 12.7. The van der Waals surface area contributed by atoms with Gasteiger partial charge in [-0.3, -0.25) is 9.59 Å². The first kappa shape index (κ1) is 58.3. The van der Waals surface area contributed by atoms with Gasteiger partial charge in [0.05, 0.1) is 40.3 Å². The molecular weight excluding hydrogens is 755 g/mol. The number of aliphatic carboxylic acids is 1. The zero-order valence-electron chi connectivity index (χ0n) is 40.4. The van der Waals surface area contributed by atoms with Crippen LogP contribution in [0.2, 0.25) is 0 Å². The molecule has 0 amide bonds. The molecule has 0 bridgehead atoms. The molecule has 0 rings (SSSR count). The summed E-state index contributed by atoms with van der Waals surface area (Å²) in [5.74, 6) is -2.26. The van der Waals surface area contributed by atoms with Gasteiger partial charge in [-0.1, -0.05) is 226 Å². The average molecular weight is 854 g/mol. The van der Waals surface area contributed by atoms with E-state index in [2.05, 4.69) is 13.8 Å². The van der Waals surface area contributed by atoms with Crippen LogP contribution in [0, 0.1) is 0 Å². The highest BCUT2D eigenvalue weighted by Crippen LogP contribution is 2.17. The maximum absolute atomic E-state index is 12.8. The van der Waals surface area contributed by atoms with Crippen LogP contribution in [-0.4, -0.2) is 82.3 Å². The summed E-state index contributed by atoms with van der Waals surface area (Å²) in [5, 5.41) is 11.7. The van der Waals surface area contributed by atoms with Crippen molar-refractivity contribution in [3.05, 3.63) is 0 Å². The van der Waals surface area contributed by atoms with E-state index in [1.807, 2.05) is 21.1 Å². The van der Waals surface area contributed by atoms with Crippen LogP contribution in [0.15, 0.2) is 0 Å². The molecule has 0 aliphatic rings. The quantitative estimate of drug-likeness (QED) is 0.0257. The molecule has 0 saturated heterocycles. The lowest BCUT2D eigenvalue weighted by molar-refractivity contribution is -0.870. The minimum absolute atomic E-state index is 0.153. The van der Waals surface area contributed by atoms with Gasteiger partial charge in [0.15, 0.2) is 12.4 Å². The van der Waals surface area contributed by atoms with E-state index in [1.165, 1.54) is 186 Å². The number of carbonyl (C=O) groups excluding carboxylic acids is 3. The molecule has 0 aromatic carbocycles. The number of nitrogens with zero attached hydrogens (tertiary/aromatic N) is 1. The molecule has 2 unspecified atom stereocenters. The number of carbonyl (C=O) groups is 3. The Balaban J connectivity index is 4.18. The van der Waals surface area contributed by atoms with Crippen molar-refractivity contribution in [1.29, 1.82) is 0 Å². The number of quaternary nitrogens is 1. The number of hydrogen-bond donors (Lipinski definition) is 0. The molecule has 0 aliphatic heterocycles. The Morgan fingerprint density at radius 2 is 0.750 bits per heavy atom. The van der Waals surface area contributed by atoms with E-state index in [1.54, 1.807) is 0 Å². The summed E-state index contributed by atoms with van der Waals surface area (Å²) in [6.45, 7) is 4.78. The van der Waals surface area contributed by atoms with Crippen LogP contribution >= 0.6 is 0 Å². The average Bonchev–Trinajstić information content (AvgIpc) is 3.21. The molecule has 0 aromatic rings. The molecule has 0 spiro atoms. The summed E-state index contributed by atoms with van der Waals surface area (Å²) in [7, 11) is 5.92. The molecule has 9 heteroatoms. The molecule has 0 fully saturated rings. The zero-order valence-corrected chi connectivity index (χ0v) is 40.4. The Bertz CT molecular complexity index is 954. The van der Waals surface area contributed by atoms with Gasteiger partial charge >= 0.3 is 11.9 Å². The Hall–Kier alpha value is -1.71. The van der Waals surface area contributed by atoms with Crippen LogP contribution in [0.3, 0.4) is 0 Å². The lowest BCUT2D eigenvalue weighted by Gasteiger charge is -2.26. The minimum atomic E-state index is -1.61. The van der Waals surface area contributed by atoms with Crippen molar-refractivity contribution in [2.45, 2.75) is 264 Å². The normalized spacial score (nSPS) is 12.8. The van der Waals surface area contributed by atoms with Crippen LogP contribution in [-0.2, 0) is 33.3 Å². The van der Waals surface area contributed by atoms with Gasteiger partial charge in [0.25, 0.3) is 0 Å². The molecule has 0 N–H and O–H groups in total. The second-order valence-electron chi connectivity index (χ2n) is 18.8. The smallest absolute Gasteiger partial charge is 0.306 e. The Morgan fingerprint density at radius 3 is 1.07 bits per heavy atom. The van der Waals surface area contributed by atoms with Crippen molar-refractivity contribution in [2.75, 3.05) is 47.5 Å². The van der Waals surface area contributed by atoms with Gasteiger partial charge in [0.1, 0.15) is 13.2 Å². The Kier molecular flexibility index (Phi) is 42.7. The van der Waals surface area contributed by atoms with E-state index in [0.29, 0.717) is 17.4 Å². The standard InChI is InChI=1S/C51H99NO8/c1-6-8-10-12-14-16-18-19-20-21-22-23-24-25-26-27-28-29-30-32-34-36-38-40-42-49(54)60-47(46-59-51(50(55)56)57-44-43-52(3,4)5)45-58-48(53)41-39-37-35-33-31-17-15-13-11-9-7-2/h47,51H,6-46H2,1-5H3. The lowest BCUT2D eigenvalue weighted by atomic mass is 10.0. The van der Waals surface area contributed by atoms with E-state index in [-0.39, 0.29) is 32.2 Å². The third-order valence-corrected chi connectivity index (χ3v) is 11.6. The second-order valence-corrected chi connectivity index (χ2v) is 18.8. The van der Waals surface area contributed by atoms with Gasteiger partial charge < -0.3 is 33.3 Å². The fraction of sp³-hybridized carbons (Fsp3) is 0.941. The van der Waals surface area contributed by atoms with E-state index >= 15 is 0 Å². The maximum Gasteiger partial charge on any atom is 0.306 e. The zero-order chi connectivity index (χ0) is 44.2. The van der Waals surface area contributed by atoms with Gasteiger partial charge in [0, 0.05) is 12.8 Å². The number of ether oxygens (including phenoxy) is 4. The van der Waals surface area contributed by atoms with Crippen molar-refractivity contribution < 1.29 is 42.9 Å². The van der Waals surface area contributed by atoms with Crippen molar-refractivity contribution in [3.63, 3.8) is 0 Å². The van der Waals surface area contributed by atoms with Crippen LogP contribution in [0.4, 0.5) is 0 Å². The van der Waals surface area contributed by atoms with Crippen molar-refractivity contribution >= 4 is 17.9 Å². The van der Waals surface area contributed by atoms with Gasteiger partial charge in [-0.15, -0.1) is 0 Å². The highest BCUT2D eigenvalue weighted by molar-refractivity contribution is 5.70. The monoisotopic (exact) mass is 854 g/mol. The molecule has 0 saturated carbocycles. The number of esters is 2. The summed E-state index contributed by atoms with van der Waals surface area (Å²) >= 11 is 0. The molecule has 0 radical (unpaired) electrons. The van der Waals surface area contributed by atoms with Gasteiger partial charge in [-0.2, -0.15) is 0 Å². The number of carboxylic acid groups (broad SMARTS) is 1. The van der Waals surface area contributed by atoms with E-state index < -0.39 is 24.3 Å². The minimum Gasteiger partial charge on any atom is -0.545 e. The van der Waals surface area contributed by atoms with Crippen LogP contribution in [0.1, 0.15) is 251 Å². The number of unbranched alkanes of at least 4 members (excludes halogenated alkanes) is 33. The first-order chi connectivity index (χ1) is 29.1. The molecule has 0 aromatic heterocycles. The van der Waals surface area contributed by atoms with Crippen molar-refractivity contribution in [3.8, 4) is 0 Å². The largest absolute Gasteiger partial charge is 0.545 e. The number of likely N-dealkylation sites (N-methyl/N-ethyl adjacent to an activating group) is 1. The molecule has 60 heavy (non-hydrogen) atoms.